The SMILES string of the molecule is O=C(Nc1ccc(N2CCN(Cc3ccccc3)CC2)c(C(=O)NCCN2CCOCC2)c1)NC12CC3CC(CC(C3)C1)C2. The Kier molecular flexibility index (Phi) is 8.78. The zero-order chi connectivity index (χ0) is 29.9. The van der Waals surface area contributed by atoms with Crippen LogP contribution >= 0.6 is 0 Å². The second-order valence-corrected chi connectivity index (χ2v) is 14.0. The molecule has 9 nitrogen and oxygen atoms in total. The molecule has 0 aromatic heterocycles. The van der Waals surface area contributed by atoms with Crippen molar-refractivity contribution in [2.75, 3.05) is 75.8 Å². The summed E-state index contributed by atoms with van der Waals surface area (Å²) in [6.45, 7) is 9.15. The molecule has 0 radical (unpaired) electrons. The Morgan fingerprint density at radius 1 is 0.818 bits per heavy atom. The van der Waals surface area contributed by atoms with Crippen molar-refractivity contribution in [2.24, 2.45) is 17.8 Å². The number of benzene rings is 2. The van der Waals surface area contributed by atoms with Gasteiger partial charge in [0.05, 0.1) is 18.8 Å². The lowest BCUT2D eigenvalue weighted by atomic mass is 9.53. The van der Waals surface area contributed by atoms with Gasteiger partial charge in [-0.05, 0) is 80.0 Å². The maximum absolute atomic E-state index is 13.7. The Hall–Kier alpha value is -3.14. The van der Waals surface area contributed by atoms with E-state index < -0.39 is 0 Å². The number of rotatable bonds is 9. The van der Waals surface area contributed by atoms with Crippen molar-refractivity contribution in [3.8, 4) is 0 Å². The molecule has 2 heterocycles. The van der Waals surface area contributed by atoms with E-state index in [0.717, 1.165) is 108 Å². The van der Waals surface area contributed by atoms with Crippen LogP contribution in [-0.2, 0) is 11.3 Å². The monoisotopic (exact) mass is 600 g/mol. The lowest BCUT2D eigenvalue weighted by Gasteiger charge is -2.56. The van der Waals surface area contributed by atoms with Gasteiger partial charge in [0, 0.05) is 75.8 Å². The number of carbonyl (C=O) groups is 2. The fourth-order valence-electron chi connectivity index (χ4n) is 8.97. The third kappa shape index (κ3) is 6.90. The molecule has 2 aromatic rings. The molecular formula is C35H48N6O3. The van der Waals surface area contributed by atoms with Crippen LogP contribution in [-0.4, -0.2) is 92.8 Å². The van der Waals surface area contributed by atoms with Gasteiger partial charge in [0.25, 0.3) is 5.91 Å². The summed E-state index contributed by atoms with van der Waals surface area (Å²) in [5, 5.41) is 9.68. The minimum atomic E-state index is -0.145. The minimum absolute atomic E-state index is 0.0576. The van der Waals surface area contributed by atoms with E-state index in [1.165, 1.54) is 24.8 Å². The zero-order valence-electron chi connectivity index (χ0n) is 25.9. The van der Waals surface area contributed by atoms with Gasteiger partial charge >= 0.3 is 6.03 Å². The summed E-state index contributed by atoms with van der Waals surface area (Å²) < 4.78 is 5.46. The normalized spacial score (nSPS) is 28.5. The van der Waals surface area contributed by atoms with Crippen LogP contribution in [0.4, 0.5) is 16.2 Å². The standard InChI is InChI=1S/C35H48N6O3/c42-33(36-8-9-39-14-16-44-17-15-39)31-21-30(37-34(43)38-35-22-27-18-28(23-35)20-29(19-27)24-35)6-7-32(31)41-12-10-40(11-13-41)25-26-4-2-1-3-5-26/h1-7,21,27-29H,8-20,22-25H2,(H,36,42)(H2,37,38,43). The molecule has 2 saturated heterocycles. The molecule has 4 bridgehead atoms. The molecule has 2 aliphatic heterocycles. The largest absolute Gasteiger partial charge is 0.379 e. The summed E-state index contributed by atoms with van der Waals surface area (Å²) in [6, 6.07) is 16.3. The van der Waals surface area contributed by atoms with Crippen molar-refractivity contribution < 1.29 is 14.3 Å². The Morgan fingerprint density at radius 2 is 1.50 bits per heavy atom. The summed E-state index contributed by atoms with van der Waals surface area (Å²) >= 11 is 0. The second kappa shape index (κ2) is 13.1. The molecule has 3 amide bonds. The number of nitrogens with one attached hydrogen (secondary N) is 3. The molecule has 236 valence electrons. The molecule has 0 atom stereocenters. The predicted molar refractivity (Wildman–Crippen MR) is 173 cm³/mol. The summed E-state index contributed by atoms with van der Waals surface area (Å²) in [4.78, 5) is 34.1. The van der Waals surface area contributed by atoms with Crippen LogP contribution in [0.5, 0.6) is 0 Å². The quantitative estimate of drug-likeness (QED) is 0.401. The molecule has 3 N–H and O–H groups in total. The molecule has 2 aromatic carbocycles. The van der Waals surface area contributed by atoms with Gasteiger partial charge in [-0.1, -0.05) is 30.3 Å². The number of piperazine rings is 1. The Labute approximate surface area is 261 Å². The summed E-state index contributed by atoms with van der Waals surface area (Å²) in [7, 11) is 0. The highest BCUT2D eigenvalue weighted by molar-refractivity contribution is 6.02. The van der Waals surface area contributed by atoms with Crippen LogP contribution in [0.2, 0.25) is 0 Å². The second-order valence-electron chi connectivity index (χ2n) is 14.0. The molecule has 9 heteroatoms. The van der Waals surface area contributed by atoms with Crippen LogP contribution in [0.25, 0.3) is 0 Å². The number of hydrogen-bond donors (Lipinski definition) is 3. The van der Waals surface area contributed by atoms with Gasteiger partial charge in [-0.2, -0.15) is 0 Å². The first-order valence-electron chi connectivity index (χ1n) is 16.8. The van der Waals surface area contributed by atoms with Crippen LogP contribution < -0.4 is 20.9 Å². The third-order valence-corrected chi connectivity index (χ3v) is 10.7. The molecule has 4 saturated carbocycles. The van der Waals surface area contributed by atoms with E-state index in [0.29, 0.717) is 17.8 Å². The molecule has 0 spiro atoms. The number of ether oxygens (including phenoxy) is 1. The Bertz CT molecular complexity index is 1270. The fourth-order valence-corrected chi connectivity index (χ4v) is 8.97. The van der Waals surface area contributed by atoms with Crippen molar-refractivity contribution >= 4 is 23.3 Å². The predicted octanol–water partition coefficient (Wildman–Crippen LogP) is 4.16. The van der Waals surface area contributed by atoms with Gasteiger partial charge in [0.1, 0.15) is 0 Å². The van der Waals surface area contributed by atoms with Gasteiger partial charge in [0.15, 0.2) is 0 Å². The Balaban J connectivity index is 1.02. The van der Waals surface area contributed by atoms with E-state index in [9.17, 15) is 9.59 Å². The minimum Gasteiger partial charge on any atom is -0.379 e. The van der Waals surface area contributed by atoms with Gasteiger partial charge in [-0.3, -0.25) is 14.6 Å². The summed E-state index contributed by atoms with van der Waals surface area (Å²) in [5.41, 5.74) is 3.48. The zero-order valence-corrected chi connectivity index (χ0v) is 25.9. The molecule has 4 aliphatic carbocycles. The van der Waals surface area contributed by atoms with E-state index in [1.807, 2.05) is 18.2 Å². The highest BCUT2D eigenvalue weighted by Gasteiger charge is 2.51. The first-order valence-corrected chi connectivity index (χ1v) is 16.8. The first kappa shape index (κ1) is 29.6. The van der Waals surface area contributed by atoms with E-state index in [4.69, 9.17) is 4.74 Å². The van der Waals surface area contributed by atoms with Gasteiger partial charge in [-0.15, -0.1) is 0 Å². The molecule has 6 fully saturated rings. The highest BCUT2D eigenvalue weighted by Crippen LogP contribution is 2.55. The van der Waals surface area contributed by atoms with Crippen LogP contribution in [0.15, 0.2) is 48.5 Å². The lowest BCUT2D eigenvalue weighted by molar-refractivity contribution is -0.0127. The van der Waals surface area contributed by atoms with Crippen molar-refractivity contribution in [1.29, 1.82) is 0 Å². The van der Waals surface area contributed by atoms with E-state index in [-0.39, 0.29) is 17.5 Å². The number of urea groups is 1. The van der Waals surface area contributed by atoms with Crippen molar-refractivity contribution in [3.05, 3.63) is 59.7 Å². The molecule has 8 rings (SSSR count). The summed E-state index contributed by atoms with van der Waals surface area (Å²) in [5.74, 6) is 2.20. The lowest BCUT2D eigenvalue weighted by Crippen LogP contribution is -2.60. The number of anilines is 2. The van der Waals surface area contributed by atoms with Crippen LogP contribution in [0.3, 0.4) is 0 Å². The summed E-state index contributed by atoms with van der Waals surface area (Å²) in [6.07, 6.45) is 7.35. The number of hydrogen-bond acceptors (Lipinski definition) is 6. The van der Waals surface area contributed by atoms with E-state index in [2.05, 4.69) is 61.0 Å². The number of carbonyl (C=O) groups excluding carboxylic acids is 2. The smallest absolute Gasteiger partial charge is 0.319 e. The molecule has 6 aliphatic rings. The third-order valence-electron chi connectivity index (χ3n) is 10.7. The van der Waals surface area contributed by atoms with E-state index >= 15 is 0 Å². The number of morpholine rings is 1. The van der Waals surface area contributed by atoms with Gasteiger partial charge in [-0.25, -0.2) is 4.79 Å². The first-order chi connectivity index (χ1) is 21.5. The average Bonchev–Trinajstić information content (AvgIpc) is 3.01. The van der Waals surface area contributed by atoms with Crippen molar-refractivity contribution in [3.63, 3.8) is 0 Å². The van der Waals surface area contributed by atoms with Crippen LogP contribution in [0, 0.1) is 17.8 Å². The molecule has 44 heavy (non-hydrogen) atoms. The number of nitrogens with zero attached hydrogens (tertiary/aromatic N) is 3. The van der Waals surface area contributed by atoms with Crippen molar-refractivity contribution in [1.82, 2.24) is 20.4 Å². The van der Waals surface area contributed by atoms with Crippen LogP contribution in [0.1, 0.15) is 54.4 Å². The number of amides is 3. The van der Waals surface area contributed by atoms with Gasteiger partial charge < -0.3 is 25.6 Å². The molecular weight excluding hydrogens is 552 g/mol. The highest BCUT2D eigenvalue weighted by atomic mass is 16.5. The van der Waals surface area contributed by atoms with Gasteiger partial charge in [0.2, 0.25) is 0 Å². The molecule has 0 unspecified atom stereocenters. The van der Waals surface area contributed by atoms with E-state index in [1.54, 1.807) is 0 Å². The topological polar surface area (TPSA) is 89.2 Å². The average molecular weight is 601 g/mol. The fraction of sp³-hybridized carbons (Fsp3) is 0.600. The maximum atomic E-state index is 13.7. The Morgan fingerprint density at radius 3 is 2.18 bits per heavy atom. The van der Waals surface area contributed by atoms with Crippen molar-refractivity contribution in [2.45, 2.75) is 50.6 Å². The maximum Gasteiger partial charge on any atom is 0.319 e.